The average Bonchev–Trinajstić information content (AvgIpc) is 3.31. The number of hydrogen-bond donors (Lipinski definition) is 1. The number of fused-ring (bicyclic) bond motifs is 1. The third-order valence-corrected chi connectivity index (χ3v) is 5.28. The highest BCUT2D eigenvalue weighted by Crippen LogP contribution is 2.26. The maximum atomic E-state index is 12.6. The molecule has 3 heterocycles. The molecule has 0 saturated carbocycles. The molecule has 7 heteroatoms. The minimum Gasteiger partial charge on any atom is -0.307 e. The number of pyridine rings is 1. The van der Waals surface area contributed by atoms with E-state index < -0.39 is 0 Å². The molecule has 4 rings (SSSR count). The molecular weight excluding hydrogens is 382 g/mol. The molecule has 4 aromatic rings. The lowest BCUT2D eigenvalue weighted by molar-refractivity contribution is -0.111. The second kappa shape index (κ2) is 7.60. The minimum absolute atomic E-state index is 0.156. The van der Waals surface area contributed by atoms with Gasteiger partial charge in [-0.3, -0.25) is 4.79 Å². The largest absolute Gasteiger partial charge is 0.307 e. The van der Waals surface area contributed by atoms with Crippen molar-refractivity contribution in [2.24, 2.45) is 0 Å². The smallest absolute Gasteiger partial charge is 0.249 e. The van der Waals surface area contributed by atoms with E-state index in [2.05, 4.69) is 41.2 Å². The summed E-state index contributed by atoms with van der Waals surface area (Å²) in [6.07, 6.45) is 4.92. The lowest BCUT2D eigenvalue weighted by atomic mass is 9.92. The molecule has 1 aromatic carbocycles. The Morgan fingerprint density at radius 3 is 2.66 bits per heavy atom. The predicted octanol–water partition coefficient (Wildman–Crippen LogP) is 4.83. The zero-order chi connectivity index (χ0) is 20.4. The van der Waals surface area contributed by atoms with Crippen LogP contribution in [0.15, 0.2) is 60.8 Å². The number of aromatic nitrogens is 4. The summed E-state index contributed by atoms with van der Waals surface area (Å²) in [4.78, 5) is 21.4. The summed E-state index contributed by atoms with van der Waals surface area (Å²) in [6, 6.07) is 15.4. The minimum atomic E-state index is -0.248. The fourth-order valence-electron chi connectivity index (χ4n) is 2.77. The molecule has 0 saturated heterocycles. The van der Waals surface area contributed by atoms with Crippen LogP contribution in [-0.4, -0.2) is 25.7 Å². The number of thiazole rings is 1. The van der Waals surface area contributed by atoms with Gasteiger partial charge in [-0.1, -0.05) is 39.0 Å². The van der Waals surface area contributed by atoms with Crippen LogP contribution in [0.25, 0.3) is 22.1 Å². The summed E-state index contributed by atoms with van der Waals surface area (Å²) in [5, 5.41) is 8.36. The summed E-state index contributed by atoms with van der Waals surface area (Å²) in [5.74, 6) is 0.975. The van der Waals surface area contributed by atoms with Gasteiger partial charge in [0.05, 0.1) is 15.9 Å². The second-order valence-electron chi connectivity index (χ2n) is 7.61. The monoisotopic (exact) mass is 403 g/mol. The Hall–Kier alpha value is -3.32. The molecule has 0 atom stereocenters. The topological polar surface area (TPSA) is 72.7 Å². The zero-order valence-corrected chi connectivity index (χ0v) is 17.3. The molecule has 0 unspecified atom stereocenters. The Morgan fingerprint density at radius 1 is 1.14 bits per heavy atom. The first kappa shape index (κ1) is 19.0. The molecule has 6 nitrogen and oxygen atoms in total. The lowest BCUT2D eigenvalue weighted by Gasteiger charge is -2.13. The van der Waals surface area contributed by atoms with E-state index in [1.807, 2.05) is 48.5 Å². The highest BCUT2D eigenvalue weighted by atomic mass is 32.1. The Morgan fingerprint density at radius 2 is 1.93 bits per heavy atom. The number of carbonyl (C=O) groups excluding carboxylic acids is 1. The zero-order valence-electron chi connectivity index (χ0n) is 16.5. The van der Waals surface area contributed by atoms with Crippen LogP contribution in [0, 0.1) is 0 Å². The van der Waals surface area contributed by atoms with Crippen molar-refractivity contribution in [1.29, 1.82) is 0 Å². The van der Waals surface area contributed by atoms with Crippen LogP contribution >= 0.6 is 11.3 Å². The molecule has 146 valence electrons. The van der Waals surface area contributed by atoms with E-state index in [0.29, 0.717) is 11.6 Å². The first-order valence-corrected chi connectivity index (χ1v) is 10.1. The van der Waals surface area contributed by atoms with Gasteiger partial charge in [-0.25, -0.2) is 9.97 Å². The number of rotatable bonds is 4. The van der Waals surface area contributed by atoms with Crippen LogP contribution in [0.1, 0.15) is 31.5 Å². The van der Waals surface area contributed by atoms with E-state index in [0.717, 1.165) is 20.9 Å². The van der Waals surface area contributed by atoms with E-state index in [-0.39, 0.29) is 11.3 Å². The van der Waals surface area contributed by atoms with Gasteiger partial charge in [0, 0.05) is 23.8 Å². The quantitative estimate of drug-likeness (QED) is 0.496. The summed E-state index contributed by atoms with van der Waals surface area (Å²) >= 11 is 1.55. The van der Waals surface area contributed by atoms with Crippen molar-refractivity contribution in [3.63, 3.8) is 0 Å². The molecule has 0 aliphatic rings. The van der Waals surface area contributed by atoms with Crippen molar-refractivity contribution in [3.8, 4) is 5.82 Å². The van der Waals surface area contributed by atoms with Gasteiger partial charge in [0.2, 0.25) is 5.91 Å². The van der Waals surface area contributed by atoms with Crippen LogP contribution in [-0.2, 0) is 10.2 Å². The van der Waals surface area contributed by atoms with Crippen LogP contribution in [0.2, 0.25) is 0 Å². The maximum absolute atomic E-state index is 12.6. The Bertz CT molecular complexity index is 1150. The predicted molar refractivity (Wildman–Crippen MR) is 117 cm³/mol. The number of nitrogens with one attached hydrogen (secondary N) is 1. The molecule has 0 aliphatic carbocycles. The van der Waals surface area contributed by atoms with Crippen molar-refractivity contribution in [2.45, 2.75) is 26.2 Å². The van der Waals surface area contributed by atoms with Crippen LogP contribution in [0.5, 0.6) is 0 Å². The molecule has 1 amide bonds. The molecule has 0 radical (unpaired) electrons. The summed E-state index contributed by atoms with van der Waals surface area (Å²) in [5.41, 5.74) is 1.64. The van der Waals surface area contributed by atoms with Gasteiger partial charge in [0.25, 0.3) is 0 Å². The SMILES string of the molecule is CC(C)(C)c1cc(NC(=O)/C=C/c2nc3ccccc3s2)n(-c2ccccn2)n1. The highest BCUT2D eigenvalue weighted by molar-refractivity contribution is 7.19. The molecular formula is C22H21N5OS. The summed E-state index contributed by atoms with van der Waals surface area (Å²) in [7, 11) is 0. The first-order valence-electron chi connectivity index (χ1n) is 9.27. The third-order valence-electron chi connectivity index (χ3n) is 4.28. The molecule has 3 aromatic heterocycles. The van der Waals surface area contributed by atoms with Crippen LogP contribution in [0.4, 0.5) is 5.82 Å². The fraction of sp³-hybridized carbons (Fsp3) is 0.182. The van der Waals surface area contributed by atoms with E-state index >= 15 is 0 Å². The van der Waals surface area contributed by atoms with Crippen molar-refractivity contribution in [2.75, 3.05) is 5.32 Å². The van der Waals surface area contributed by atoms with Crippen molar-refractivity contribution >= 4 is 39.4 Å². The van der Waals surface area contributed by atoms with Gasteiger partial charge in [0.15, 0.2) is 5.82 Å². The summed E-state index contributed by atoms with van der Waals surface area (Å²) in [6.45, 7) is 6.24. The van der Waals surface area contributed by atoms with Gasteiger partial charge in [0.1, 0.15) is 10.8 Å². The third kappa shape index (κ3) is 4.25. The van der Waals surface area contributed by atoms with E-state index in [1.165, 1.54) is 6.08 Å². The van der Waals surface area contributed by atoms with Crippen molar-refractivity contribution in [1.82, 2.24) is 19.7 Å². The molecule has 0 aliphatic heterocycles. The van der Waals surface area contributed by atoms with Gasteiger partial charge in [-0.2, -0.15) is 9.78 Å². The first-order chi connectivity index (χ1) is 13.9. The number of para-hydroxylation sites is 1. The van der Waals surface area contributed by atoms with Crippen LogP contribution < -0.4 is 5.32 Å². The van der Waals surface area contributed by atoms with E-state index in [4.69, 9.17) is 0 Å². The normalized spacial score (nSPS) is 12.0. The second-order valence-corrected chi connectivity index (χ2v) is 8.67. The lowest BCUT2D eigenvalue weighted by Crippen LogP contribution is -2.13. The van der Waals surface area contributed by atoms with Gasteiger partial charge < -0.3 is 5.32 Å². The van der Waals surface area contributed by atoms with Gasteiger partial charge >= 0.3 is 0 Å². The van der Waals surface area contributed by atoms with Gasteiger partial charge in [-0.15, -0.1) is 11.3 Å². The Balaban J connectivity index is 1.59. The molecule has 0 fully saturated rings. The van der Waals surface area contributed by atoms with Crippen molar-refractivity contribution < 1.29 is 4.79 Å². The number of benzene rings is 1. The Labute approximate surface area is 172 Å². The molecule has 29 heavy (non-hydrogen) atoms. The number of carbonyl (C=O) groups is 1. The number of amides is 1. The Kier molecular flexibility index (Phi) is 4.98. The fourth-order valence-corrected chi connectivity index (χ4v) is 3.64. The highest BCUT2D eigenvalue weighted by Gasteiger charge is 2.21. The maximum Gasteiger partial charge on any atom is 0.249 e. The van der Waals surface area contributed by atoms with Crippen molar-refractivity contribution in [3.05, 3.63) is 71.5 Å². The summed E-state index contributed by atoms with van der Waals surface area (Å²) < 4.78 is 2.75. The van der Waals surface area contributed by atoms with Gasteiger partial charge in [-0.05, 0) is 30.3 Å². The number of anilines is 1. The van der Waals surface area contributed by atoms with E-state index in [9.17, 15) is 4.79 Å². The number of nitrogens with zero attached hydrogens (tertiary/aromatic N) is 4. The van der Waals surface area contributed by atoms with Crippen LogP contribution in [0.3, 0.4) is 0 Å². The standard InChI is InChI=1S/C22H21N5OS/c1-22(2,3)17-14-19(27(26-17)18-10-6-7-13-23-18)25-20(28)11-12-21-24-15-8-4-5-9-16(15)29-21/h4-14H,1-3H3,(H,25,28)/b12-11+. The molecule has 0 spiro atoms. The average molecular weight is 404 g/mol. The molecule has 1 N–H and O–H groups in total. The van der Waals surface area contributed by atoms with E-state index in [1.54, 1.807) is 28.3 Å². The molecule has 0 bridgehead atoms. The number of hydrogen-bond acceptors (Lipinski definition) is 5.